The summed E-state index contributed by atoms with van der Waals surface area (Å²) in [5.41, 5.74) is 5.27. The van der Waals surface area contributed by atoms with Gasteiger partial charge < -0.3 is 0 Å². The standard InChI is InChI=1S/C18H25N3.C8H7O.ClH.Ni/c1-5-7-17-12-21(14(2)3)13-18-9-6-8-16(20-18)11-10-15(4)19-17;1-7(9)8-5-3-2-4-6-8;;/h5-9,14H,1,10-13H2,2-4H3;3-6H,1H3;1H;/q;-1;;+1/p-1/b17-7-,19-15?;;;. The minimum atomic E-state index is 0.101. The minimum absolute atomic E-state index is 0.101. The summed E-state index contributed by atoms with van der Waals surface area (Å²) < 4.78 is 0. The number of hydrogen-bond donors (Lipinski definition) is 0. The maximum atomic E-state index is 10.6. The molecular formula is C26H32ClN3NiO-. The van der Waals surface area contributed by atoms with Crippen molar-refractivity contribution in [3.63, 3.8) is 0 Å². The number of carbonyl (C=O) groups excluding carboxylic acids is 1. The van der Waals surface area contributed by atoms with E-state index in [0.717, 1.165) is 54.3 Å². The van der Waals surface area contributed by atoms with Crippen LogP contribution in [0.5, 0.6) is 0 Å². The van der Waals surface area contributed by atoms with Gasteiger partial charge in [0.05, 0.1) is 11.4 Å². The van der Waals surface area contributed by atoms with Crippen LogP contribution in [0.2, 0.25) is 0 Å². The molecule has 32 heavy (non-hydrogen) atoms. The quantitative estimate of drug-likeness (QED) is 0.291. The topological polar surface area (TPSA) is 45.6 Å². The second kappa shape index (κ2) is 15.7. The van der Waals surface area contributed by atoms with Crippen LogP contribution in [-0.2, 0) is 27.5 Å². The summed E-state index contributed by atoms with van der Waals surface area (Å²) in [5.74, 6) is 0.101. The Morgan fingerprint density at radius 2 is 1.81 bits per heavy atom. The zero-order valence-corrected chi connectivity index (χ0v) is 21.0. The molecule has 2 aromatic rings. The SMILES string of the molecule is C=C/C=C1/CN(C(C)C)Cc2cccc(n2)CCC(C)=N1.CC(=O)c1cc[c-]cc1.[Cl][Ni]. The molecule has 1 aromatic heterocycles. The van der Waals surface area contributed by atoms with Gasteiger partial charge in [0.1, 0.15) is 5.78 Å². The van der Waals surface area contributed by atoms with Crippen molar-refractivity contribution in [2.75, 3.05) is 6.54 Å². The monoisotopic (exact) mass is 495 g/mol. The fourth-order valence-corrected chi connectivity index (χ4v) is 3.09. The number of rotatable bonds is 3. The molecular weight excluding hydrogens is 464 g/mol. The number of allylic oxidation sites excluding steroid dienone is 2. The molecule has 0 spiro atoms. The summed E-state index contributed by atoms with van der Waals surface area (Å²) in [4.78, 5) is 22.6. The Balaban J connectivity index is 0.000000388. The van der Waals surface area contributed by atoms with E-state index in [1.807, 2.05) is 12.2 Å². The average Bonchev–Trinajstić information content (AvgIpc) is 2.81. The molecule has 6 heteroatoms. The van der Waals surface area contributed by atoms with Crippen LogP contribution < -0.4 is 0 Å². The Labute approximate surface area is 205 Å². The summed E-state index contributed by atoms with van der Waals surface area (Å²) in [6.07, 6.45) is 5.74. The molecule has 1 aromatic carbocycles. The van der Waals surface area contributed by atoms with E-state index in [-0.39, 0.29) is 5.78 Å². The Hall–Kier alpha value is -2.07. The van der Waals surface area contributed by atoms with E-state index in [2.05, 4.69) is 81.3 Å². The van der Waals surface area contributed by atoms with Crippen molar-refractivity contribution in [1.82, 2.24) is 9.88 Å². The number of ketones is 1. The average molecular weight is 497 g/mol. The van der Waals surface area contributed by atoms with E-state index in [4.69, 9.17) is 9.98 Å². The van der Waals surface area contributed by atoms with E-state index in [0.29, 0.717) is 6.04 Å². The Morgan fingerprint density at radius 3 is 2.38 bits per heavy atom. The van der Waals surface area contributed by atoms with Gasteiger partial charge in [-0.3, -0.25) is 19.7 Å². The molecule has 2 bridgehead atoms. The van der Waals surface area contributed by atoms with E-state index in [1.165, 1.54) is 0 Å². The zero-order chi connectivity index (χ0) is 23.9. The molecule has 0 amide bonds. The van der Waals surface area contributed by atoms with E-state index in [9.17, 15) is 4.79 Å². The first-order valence-electron chi connectivity index (χ1n) is 10.5. The molecule has 1 aliphatic heterocycles. The van der Waals surface area contributed by atoms with Crippen LogP contribution in [0.4, 0.5) is 0 Å². The van der Waals surface area contributed by atoms with Crippen molar-refractivity contribution in [2.45, 2.75) is 53.1 Å². The van der Waals surface area contributed by atoms with Crippen molar-refractivity contribution >= 4 is 21.7 Å². The number of aromatic nitrogens is 1. The zero-order valence-electron chi connectivity index (χ0n) is 19.3. The van der Waals surface area contributed by atoms with E-state index >= 15 is 0 Å². The number of aryl methyl sites for hydroxylation is 1. The Morgan fingerprint density at radius 1 is 1.16 bits per heavy atom. The molecule has 0 aliphatic carbocycles. The van der Waals surface area contributed by atoms with Crippen LogP contribution in [0.3, 0.4) is 0 Å². The van der Waals surface area contributed by atoms with Gasteiger partial charge in [-0.05, 0) is 58.7 Å². The molecule has 1 aliphatic rings. The summed E-state index contributed by atoms with van der Waals surface area (Å²) in [5, 5.41) is 0. The third kappa shape index (κ3) is 10.5. The van der Waals surface area contributed by atoms with Crippen LogP contribution in [0.15, 0.2) is 71.9 Å². The van der Waals surface area contributed by atoms with Gasteiger partial charge >= 0.3 is 24.8 Å². The van der Waals surface area contributed by atoms with Crippen LogP contribution in [0.1, 0.15) is 55.9 Å². The Kier molecular flexibility index (Phi) is 13.7. The predicted molar refractivity (Wildman–Crippen MR) is 131 cm³/mol. The molecule has 3 rings (SSSR count). The summed E-state index contributed by atoms with van der Waals surface area (Å²) in [6, 6.07) is 16.6. The fourth-order valence-electron chi connectivity index (χ4n) is 3.09. The van der Waals surface area contributed by atoms with Gasteiger partial charge in [-0.1, -0.05) is 24.3 Å². The van der Waals surface area contributed by atoms with Gasteiger partial charge in [-0.2, -0.15) is 30.3 Å². The number of hydrogen-bond acceptors (Lipinski definition) is 4. The second-order valence-electron chi connectivity index (χ2n) is 7.70. The first kappa shape index (κ1) is 28.0. The summed E-state index contributed by atoms with van der Waals surface area (Å²) in [6.45, 7) is 13.6. The fraction of sp³-hybridized carbons (Fsp3) is 0.346. The van der Waals surface area contributed by atoms with Crippen molar-refractivity contribution in [2.24, 2.45) is 4.99 Å². The molecule has 175 valence electrons. The summed E-state index contributed by atoms with van der Waals surface area (Å²) in [7, 11) is 4.26. The molecule has 0 saturated carbocycles. The van der Waals surface area contributed by atoms with Crippen molar-refractivity contribution in [1.29, 1.82) is 0 Å². The van der Waals surface area contributed by atoms with Crippen LogP contribution in [0.25, 0.3) is 0 Å². The van der Waals surface area contributed by atoms with Crippen LogP contribution in [0, 0.1) is 6.07 Å². The predicted octanol–water partition coefficient (Wildman–Crippen LogP) is 6.15. The van der Waals surface area contributed by atoms with E-state index in [1.54, 1.807) is 31.2 Å². The number of fused-ring (bicyclic) bond motifs is 2. The van der Waals surface area contributed by atoms with Gasteiger partial charge in [0.15, 0.2) is 0 Å². The molecule has 4 nitrogen and oxygen atoms in total. The number of pyridine rings is 1. The molecule has 0 N–H and O–H groups in total. The van der Waals surface area contributed by atoms with Gasteiger partial charge in [0.25, 0.3) is 0 Å². The number of nitrogens with zero attached hydrogens (tertiary/aromatic N) is 3. The normalized spacial score (nSPS) is 15.4. The number of aliphatic imine (C=N–C) groups is 1. The van der Waals surface area contributed by atoms with Crippen molar-refractivity contribution in [3.8, 4) is 0 Å². The molecule has 0 atom stereocenters. The third-order valence-corrected chi connectivity index (χ3v) is 4.84. The molecule has 0 unspecified atom stereocenters. The van der Waals surface area contributed by atoms with Crippen molar-refractivity contribution < 1.29 is 19.4 Å². The summed E-state index contributed by atoms with van der Waals surface area (Å²) >= 11 is 3.35. The number of benzene rings is 1. The first-order chi connectivity index (χ1) is 15.4. The van der Waals surface area contributed by atoms with Gasteiger partial charge in [0, 0.05) is 30.5 Å². The number of carbonyl (C=O) groups is 1. The number of Topliss-reactive ketones (excluding diaryl/α,β-unsaturated/α-hetero) is 1. The third-order valence-electron chi connectivity index (χ3n) is 4.84. The molecule has 2 heterocycles. The van der Waals surface area contributed by atoms with Crippen LogP contribution in [-0.4, -0.2) is 34.0 Å². The van der Waals surface area contributed by atoms with Gasteiger partial charge in [0.2, 0.25) is 0 Å². The molecule has 0 fully saturated rings. The maximum absolute atomic E-state index is 10.6. The number of halogens is 1. The Bertz CT molecular complexity index is 910. The van der Waals surface area contributed by atoms with Gasteiger partial charge in [-0.15, -0.1) is 0 Å². The van der Waals surface area contributed by atoms with E-state index < -0.39 is 0 Å². The second-order valence-corrected chi connectivity index (χ2v) is 7.70. The molecule has 0 saturated heterocycles. The van der Waals surface area contributed by atoms with Crippen LogP contribution >= 0.6 is 10.2 Å². The van der Waals surface area contributed by atoms with Gasteiger partial charge in [-0.25, -0.2) is 0 Å². The molecule has 0 radical (unpaired) electrons. The van der Waals surface area contributed by atoms with Crippen molar-refractivity contribution in [3.05, 3.63) is 89.9 Å². The first-order valence-corrected chi connectivity index (χ1v) is 11.9.